The Labute approximate surface area is 318 Å². The molecule has 0 aliphatic carbocycles. The molecule has 0 N–H and O–H groups in total. The number of benzene rings is 7. The van der Waals surface area contributed by atoms with Crippen molar-refractivity contribution in [2.45, 2.75) is 0 Å². The van der Waals surface area contributed by atoms with Gasteiger partial charge >= 0.3 is 0 Å². The van der Waals surface area contributed by atoms with E-state index >= 15 is 0 Å². The van der Waals surface area contributed by atoms with Crippen LogP contribution in [-0.2, 0) is 0 Å². The van der Waals surface area contributed by atoms with E-state index in [-0.39, 0.29) is 0 Å². The van der Waals surface area contributed by atoms with E-state index in [1.165, 1.54) is 0 Å². The summed E-state index contributed by atoms with van der Waals surface area (Å²) in [6, 6.07) is 69.3. The summed E-state index contributed by atoms with van der Waals surface area (Å²) in [4.78, 5) is 14.8. The summed E-state index contributed by atoms with van der Waals surface area (Å²) >= 11 is 0. The standard InChI is InChI=1S/C50H33N5/c1-6-17-35(18-7-1)44-33-43-41(27-16-28-42(43)47-45(36-19-8-2-9-20-36)46(54-55(44)47)37-21-10-3-11-22-37)34-29-31-40(32-30-34)50-52-48(38-23-12-4-13-24-38)51-49(53-50)39-25-14-5-15-26-39/h1-33H. The van der Waals surface area contributed by atoms with E-state index in [0.717, 1.165) is 77.7 Å². The highest BCUT2D eigenvalue weighted by Crippen LogP contribution is 2.43. The second-order valence-corrected chi connectivity index (χ2v) is 13.5. The lowest BCUT2D eigenvalue weighted by Crippen LogP contribution is -2.00. The Bertz CT molecular complexity index is 2870. The lowest BCUT2D eigenvalue weighted by Gasteiger charge is -2.14. The van der Waals surface area contributed by atoms with Gasteiger partial charge in [-0.3, -0.25) is 0 Å². The fraction of sp³-hybridized carbons (Fsp3) is 0. The van der Waals surface area contributed by atoms with E-state index in [0.29, 0.717) is 17.5 Å². The normalized spacial score (nSPS) is 11.3. The summed E-state index contributed by atoms with van der Waals surface area (Å²) in [6.07, 6.45) is 0. The van der Waals surface area contributed by atoms with E-state index in [1.54, 1.807) is 0 Å². The van der Waals surface area contributed by atoms with Crippen LogP contribution in [0.2, 0.25) is 0 Å². The second-order valence-electron chi connectivity index (χ2n) is 13.5. The van der Waals surface area contributed by atoms with Crippen LogP contribution in [0, 0.1) is 0 Å². The number of fused-ring (bicyclic) bond motifs is 3. The van der Waals surface area contributed by atoms with Gasteiger partial charge in [-0.25, -0.2) is 19.5 Å². The molecule has 3 aromatic heterocycles. The third kappa shape index (κ3) is 5.94. The average molecular weight is 704 g/mol. The molecule has 3 heterocycles. The number of hydrogen-bond donors (Lipinski definition) is 0. The predicted molar refractivity (Wildman–Crippen MR) is 224 cm³/mol. The zero-order valence-electron chi connectivity index (χ0n) is 29.8. The molecule has 0 atom stereocenters. The van der Waals surface area contributed by atoms with E-state index < -0.39 is 0 Å². The molecule has 0 bridgehead atoms. The van der Waals surface area contributed by atoms with Crippen LogP contribution in [0.5, 0.6) is 0 Å². The number of nitrogens with zero attached hydrogens (tertiary/aromatic N) is 5. The summed E-state index contributed by atoms with van der Waals surface area (Å²) in [5, 5.41) is 7.67. The van der Waals surface area contributed by atoms with Crippen molar-refractivity contribution in [2.24, 2.45) is 0 Å². The van der Waals surface area contributed by atoms with Gasteiger partial charge in [0.05, 0.1) is 11.2 Å². The van der Waals surface area contributed by atoms with Crippen molar-refractivity contribution in [3.63, 3.8) is 0 Å². The predicted octanol–water partition coefficient (Wildman–Crippen LogP) is 12.3. The molecule has 0 fully saturated rings. The van der Waals surface area contributed by atoms with Gasteiger partial charge in [-0.1, -0.05) is 194 Å². The zero-order valence-corrected chi connectivity index (χ0v) is 29.8. The Balaban J connectivity index is 1.17. The summed E-state index contributed by atoms with van der Waals surface area (Å²) in [5.74, 6) is 1.92. The van der Waals surface area contributed by atoms with Gasteiger partial charge in [0.15, 0.2) is 17.5 Å². The zero-order chi connectivity index (χ0) is 36.6. The lowest BCUT2D eigenvalue weighted by atomic mass is 9.93. The topological polar surface area (TPSA) is 56.0 Å². The minimum absolute atomic E-state index is 0.630. The maximum Gasteiger partial charge on any atom is 0.164 e. The Hall–Kier alpha value is -7.50. The molecule has 5 nitrogen and oxygen atoms in total. The smallest absolute Gasteiger partial charge is 0.164 e. The number of aromatic nitrogens is 5. The van der Waals surface area contributed by atoms with Gasteiger partial charge in [-0.05, 0) is 28.1 Å². The lowest BCUT2D eigenvalue weighted by molar-refractivity contribution is 0.979. The van der Waals surface area contributed by atoms with Crippen LogP contribution in [0.25, 0.3) is 95.2 Å². The molecule has 0 aliphatic heterocycles. The molecule has 55 heavy (non-hydrogen) atoms. The van der Waals surface area contributed by atoms with Crippen molar-refractivity contribution in [2.75, 3.05) is 0 Å². The molecule has 0 spiro atoms. The van der Waals surface area contributed by atoms with Gasteiger partial charge in [-0.15, -0.1) is 0 Å². The summed E-state index contributed by atoms with van der Waals surface area (Å²) < 4.78 is 2.14. The van der Waals surface area contributed by atoms with Crippen LogP contribution in [0.4, 0.5) is 0 Å². The van der Waals surface area contributed by atoms with Crippen molar-refractivity contribution in [1.29, 1.82) is 0 Å². The Morgan fingerprint density at radius 1 is 0.327 bits per heavy atom. The molecule has 0 saturated heterocycles. The SMILES string of the molecule is c1ccc(-c2nc(-c3ccccc3)nc(-c3ccc(-c4cccc5c4cc(-c4ccccc4)n4nc(-c6ccccc6)c(-c6ccccc6)c54)cc3)n2)cc1. The highest BCUT2D eigenvalue weighted by atomic mass is 15.2. The Morgan fingerprint density at radius 3 is 1.29 bits per heavy atom. The van der Waals surface area contributed by atoms with Gasteiger partial charge in [-0.2, -0.15) is 5.10 Å². The van der Waals surface area contributed by atoms with E-state index in [9.17, 15) is 0 Å². The van der Waals surface area contributed by atoms with Gasteiger partial charge in [0.2, 0.25) is 0 Å². The molecule has 10 rings (SSSR count). The second kappa shape index (κ2) is 13.8. The first kappa shape index (κ1) is 32.2. The minimum Gasteiger partial charge on any atom is -0.231 e. The number of pyridine rings is 1. The highest BCUT2D eigenvalue weighted by Gasteiger charge is 2.22. The van der Waals surface area contributed by atoms with Crippen LogP contribution in [-0.4, -0.2) is 24.6 Å². The molecule has 7 aromatic carbocycles. The molecule has 0 radical (unpaired) electrons. The first-order valence-electron chi connectivity index (χ1n) is 18.4. The van der Waals surface area contributed by atoms with Gasteiger partial charge in [0, 0.05) is 38.8 Å². The number of rotatable bonds is 7. The van der Waals surface area contributed by atoms with Crippen molar-refractivity contribution >= 4 is 16.3 Å². The van der Waals surface area contributed by atoms with Crippen LogP contribution < -0.4 is 0 Å². The Kier molecular flexibility index (Phi) is 8.08. The fourth-order valence-electron chi connectivity index (χ4n) is 7.45. The molecule has 258 valence electrons. The van der Waals surface area contributed by atoms with Gasteiger partial charge in [0.1, 0.15) is 5.69 Å². The largest absolute Gasteiger partial charge is 0.231 e. The highest BCUT2D eigenvalue weighted by molar-refractivity contribution is 6.12. The molecular weight excluding hydrogens is 671 g/mol. The van der Waals surface area contributed by atoms with Crippen molar-refractivity contribution in [3.8, 4) is 78.9 Å². The molecule has 0 saturated carbocycles. The average Bonchev–Trinajstić information content (AvgIpc) is 3.69. The van der Waals surface area contributed by atoms with E-state index in [2.05, 4.69) is 144 Å². The third-order valence-electron chi connectivity index (χ3n) is 10.1. The van der Waals surface area contributed by atoms with Crippen LogP contribution >= 0.6 is 0 Å². The van der Waals surface area contributed by atoms with Crippen molar-refractivity contribution in [3.05, 3.63) is 200 Å². The maximum absolute atomic E-state index is 5.39. The molecular formula is C50H33N5. The molecule has 10 aromatic rings. The van der Waals surface area contributed by atoms with Gasteiger partial charge in [0.25, 0.3) is 0 Å². The maximum atomic E-state index is 5.39. The monoisotopic (exact) mass is 703 g/mol. The summed E-state index contributed by atoms with van der Waals surface area (Å²) in [5.41, 5.74) is 12.5. The third-order valence-corrected chi connectivity index (χ3v) is 10.1. The summed E-state index contributed by atoms with van der Waals surface area (Å²) in [7, 11) is 0. The van der Waals surface area contributed by atoms with Crippen molar-refractivity contribution < 1.29 is 0 Å². The van der Waals surface area contributed by atoms with Crippen LogP contribution in [0.15, 0.2) is 200 Å². The molecule has 0 aliphatic rings. The van der Waals surface area contributed by atoms with E-state index in [1.807, 2.05) is 60.7 Å². The van der Waals surface area contributed by atoms with Crippen molar-refractivity contribution in [1.82, 2.24) is 24.6 Å². The minimum atomic E-state index is 0.630. The van der Waals surface area contributed by atoms with Crippen LogP contribution in [0.3, 0.4) is 0 Å². The van der Waals surface area contributed by atoms with Crippen LogP contribution in [0.1, 0.15) is 0 Å². The summed E-state index contributed by atoms with van der Waals surface area (Å²) in [6.45, 7) is 0. The molecule has 0 unspecified atom stereocenters. The fourth-order valence-corrected chi connectivity index (χ4v) is 7.45. The molecule has 5 heteroatoms. The first-order chi connectivity index (χ1) is 27.3. The first-order valence-corrected chi connectivity index (χ1v) is 18.4. The Morgan fingerprint density at radius 2 is 0.764 bits per heavy atom. The number of hydrogen-bond acceptors (Lipinski definition) is 4. The quantitative estimate of drug-likeness (QED) is 0.166. The molecule has 0 amide bonds. The van der Waals surface area contributed by atoms with E-state index in [4.69, 9.17) is 20.1 Å². The van der Waals surface area contributed by atoms with Gasteiger partial charge < -0.3 is 0 Å².